The Labute approximate surface area is 196 Å². The van der Waals surface area contributed by atoms with Gasteiger partial charge in [0.25, 0.3) is 0 Å². The number of benzene rings is 1. The first-order chi connectivity index (χ1) is 16.6. The Hall–Kier alpha value is -3.27. The van der Waals surface area contributed by atoms with Gasteiger partial charge in [-0.25, -0.2) is 13.6 Å². The number of methoxy groups -OCH3 is 1. The minimum absolute atomic E-state index is 0.344. The first-order valence-corrected chi connectivity index (χ1v) is 11.8. The van der Waals surface area contributed by atoms with Gasteiger partial charge in [0.15, 0.2) is 0 Å². The molecule has 4 heterocycles. The molecule has 1 saturated heterocycles. The van der Waals surface area contributed by atoms with Gasteiger partial charge < -0.3 is 14.8 Å². The van der Waals surface area contributed by atoms with Gasteiger partial charge in [-0.05, 0) is 56.4 Å². The molecule has 9 nitrogen and oxygen atoms in total. The van der Waals surface area contributed by atoms with Crippen LogP contribution in [0.4, 0.5) is 10.3 Å². The molecule has 3 aromatic heterocycles. The second kappa shape index (κ2) is 8.19. The predicted molar refractivity (Wildman–Crippen MR) is 126 cm³/mol. The van der Waals surface area contributed by atoms with Crippen LogP contribution in [0.1, 0.15) is 38.6 Å². The summed E-state index contributed by atoms with van der Waals surface area (Å²) in [4.78, 5) is 4.68. The zero-order chi connectivity index (χ0) is 23.3. The summed E-state index contributed by atoms with van der Waals surface area (Å²) in [5.74, 6) is 1.06. The number of nitrogens with one attached hydrogen (secondary N) is 1. The number of halogens is 1. The largest absolute Gasteiger partial charge is 0.479 e. The average Bonchev–Trinajstić information content (AvgIpc) is 3.46. The summed E-state index contributed by atoms with van der Waals surface area (Å²) in [5.41, 5.74) is 4.56. The van der Waals surface area contributed by atoms with E-state index < -0.39 is 6.67 Å². The van der Waals surface area contributed by atoms with Gasteiger partial charge in [-0.3, -0.25) is 0 Å². The lowest BCUT2D eigenvalue weighted by molar-refractivity contribution is -0.131. The van der Waals surface area contributed by atoms with E-state index in [0.29, 0.717) is 23.3 Å². The van der Waals surface area contributed by atoms with Gasteiger partial charge in [0.2, 0.25) is 11.8 Å². The lowest BCUT2D eigenvalue weighted by Gasteiger charge is -2.46. The molecule has 4 aromatic rings. The van der Waals surface area contributed by atoms with Gasteiger partial charge in [-0.1, -0.05) is 11.3 Å². The highest BCUT2D eigenvalue weighted by molar-refractivity contribution is 5.89. The number of aromatic nitrogens is 6. The molecule has 10 heteroatoms. The summed E-state index contributed by atoms with van der Waals surface area (Å²) >= 11 is 0. The van der Waals surface area contributed by atoms with Crippen LogP contribution in [0.3, 0.4) is 0 Å². The number of rotatable bonds is 6. The molecule has 1 aliphatic carbocycles. The van der Waals surface area contributed by atoms with E-state index in [2.05, 4.69) is 20.6 Å². The fourth-order valence-electron chi connectivity index (χ4n) is 5.16. The third-order valence-electron chi connectivity index (χ3n) is 7.29. The summed E-state index contributed by atoms with van der Waals surface area (Å²) in [6, 6.07) is 7.80. The van der Waals surface area contributed by atoms with Crippen molar-refractivity contribution in [3.63, 3.8) is 0 Å². The fourth-order valence-corrected chi connectivity index (χ4v) is 5.16. The van der Waals surface area contributed by atoms with Crippen molar-refractivity contribution in [1.82, 2.24) is 29.6 Å². The Morgan fingerprint density at radius 2 is 2.09 bits per heavy atom. The molecule has 178 valence electrons. The summed E-state index contributed by atoms with van der Waals surface area (Å²) in [6.07, 6.45) is 6.43. The van der Waals surface area contributed by atoms with E-state index in [1.165, 1.54) is 12.8 Å². The molecule has 6 rings (SSSR count). The highest BCUT2D eigenvalue weighted by Gasteiger charge is 2.41. The van der Waals surface area contributed by atoms with Crippen LogP contribution < -0.4 is 10.1 Å². The van der Waals surface area contributed by atoms with E-state index in [-0.39, 0.29) is 6.04 Å². The van der Waals surface area contributed by atoms with E-state index in [1.54, 1.807) is 23.2 Å². The van der Waals surface area contributed by atoms with Crippen LogP contribution in [-0.4, -0.2) is 62.6 Å². The number of fused-ring (bicyclic) bond motifs is 2. The van der Waals surface area contributed by atoms with Gasteiger partial charge in [0.05, 0.1) is 31.9 Å². The van der Waals surface area contributed by atoms with E-state index >= 15 is 0 Å². The van der Waals surface area contributed by atoms with Gasteiger partial charge in [0.1, 0.15) is 17.7 Å². The smallest absolute Gasteiger partial charge is 0.244 e. The molecule has 2 fully saturated rings. The van der Waals surface area contributed by atoms with E-state index in [1.807, 2.05) is 30.5 Å². The molecule has 2 aliphatic rings. The second-order valence-electron chi connectivity index (χ2n) is 9.62. The molecule has 1 atom stereocenters. The second-order valence-corrected chi connectivity index (χ2v) is 9.62. The van der Waals surface area contributed by atoms with Gasteiger partial charge in [-0.15, -0.1) is 10.2 Å². The maximum atomic E-state index is 13.3. The Kier molecular flexibility index (Phi) is 5.13. The minimum Gasteiger partial charge on any atom is -0.479 e. The molecule has 1 aliphatic heterocycles. The topological polar surface area (TPSA) is 91.4 Å². The lowest BCUT2D eigenvalue weighted by atomic mass is 9.71. The third-order valence-corrected chi connectivity index (χ3v) is 7.29. The molecular formula is C24H28FN7O2. The molecule has 1 aromatic carbocycles. The standard InChI is InChI=1S/C24H28FN7O2/c1-15(12-25)32-20-11-16(3-4-19(20)28-30-32)18-7-10-31-21(18)22(33-2)27-23(29-31)26-17-5-8-24(9-6-17)13-34-14-24/h3-4,7,10-11,15,17H,5-6,8-9,12-14H2,1-2H3,(H,26,29)/t15-/m1/s1. The molecule has 34 heavy (non-hydrogen) atoms. The summed E-state index contributed by atoms with van der Waals surface area (Å²) in [7, 11) is 1.62. The van der Waals surface area contributed by atoms with Crippen LogP contribution >= 0.6 is 0 Å². The first-order valence-electron chi connectivity index (χ1n) is 11.8. The molecular weight excluding hydrogens is 437 g/mol. The van der Waals surface area contributed by atoms with E-state index in [9.17, 15) is 4.39 Å². The number of alkyl halides is 1. The fraction of sp³-hybridized carbons (Fsp3) is 0.500. The first kappa shape index (κ1) is 21.3. The van der Waals surface area contributed by atoms with Gasteiger partial charge in [-0.2, -0.15) is 4.98 Å². The van der Waals surface area contributed by atoms with Crippen molar-refractivity contribution in [1.29, 1.82) is 0 Å². The maximum Gasteiger partial charge on any atom is 0.244 e. The van der Waals surface area contributed by atoms with Crippen molar-refractivity contribution in [2.45, 2.75) is 44.7 Å². The van der Waals surface area contributed by atoms with Crippen molar-refractivity contribution in [2.24, 2.45) is 5.41 Å². The Bertz CT molecular complexity index is 1340. The Balaban J connectivity index is 1.32. The number of ether oxygens (including phenoxy) is 2. The summed E-state index contributed by atoms with van der Waals surface area (Å²) in [5, 5.41) is 16.5. The van der Waals surface area contributed by atoms with Crippen LogP contribution in [0.15, 0.2) is 30.5 Å². The highest BCUT2D eigenvalue weighted by atomic mass is 19.1. The van der Waals surface area contributed by atoms with Gasteiger partial charge >= 0.3 is 0 Å². The van der Waals surface area contributed by atoms with Crippen molar-refractivity contribution >= 4 is 22.5 Å². The van der Waals surface area contributed by atoms with Crippen LogP contribution in [0.25, 0.3) is 27.7 Å². The lowest BCUT2D eigenvalue weighted by Crippen LogP contribution is -2.47. The summed E-state index contributed by atoms with van der Waals surface area (Å²) < 4.78 is 27.8. The van der Waals surface area contributed by atoms with Crippen LogP contribution in [0, 0.1) is 5.41 Å². The van der Waals surface area contributed by atoms with Crippen molar-refractivity contribution in [3.8, 4) is 17.0 Å². The third kappa shape index (κ3) is 3.48. The van der Waals surface area contributed by atoms with Crippen LogP contribution in [-0.2, 0) is 4.74 Å². The summed E-state index contributed by atoms with van der Waals surface area (Å²) in [6.45, 7) is 3.08. The molecule has 0 bridgehead atoms. The quantitative estimate of drug-likeness (QED) is 0.459. The van der Waals surface area contributed by atoms with Crippen LogP contribution in [0.2, 0.25) is 0 Å². The average molecular weight is 466 g/mol. The van der Waals surface area contributed by atoms with Crippen LogP contribution in [0.5, 0.6) is 5.88 Å². The molecule has 0 radical (unpaired) electrons. The van der Waals surface area contributed by atoms with Crippen molar-refractivity contribution < 1.29 is 13.9 Å². The minimum atomic E-state index is -0.509. The zero-order valence-electron chi connectivity index (χ0n) is 19.4. The van der Waals surface area contributed by atoms with Crippen molar-refractivity contribution in [2.75, 3.05) is 32.3 Å². The molecule has 0 amide bonds. The van der Waals surface area contributed by atoms with E-state index in [0.717, 1.165) is 53.7 Å². The molecule has 1 saturated carbocycles. The van der Waals surface area contributed by atoms with E-state index in [4.69, 9.17) is 14.6 Å². The Morgan fingerprint density at radius 3 is 2.79 bits per heavy atom. The predicted octanol–water partition coefficient (Wildman–Crippen LogP) is 4.05. The Morgan fingerprint density at radius 1 is 1.26 bits per heavy atom. The van der Waals surface area contributed by atoms with Crippen molar-refractivity contribution in [3.05, 3.63) is 30.5 Å². The maximum absolute atomic E-state index is 13.3. The normalized spacial score (nSPS) is 18.9. The zero-order valence-corrected chi connectivity index (χ0v) is 19.4. The number of hydrogen-bond donors (Lipinski definition) is 1. The molecule has 1 spiro atoms. The number of anilines is 1. The number of hydrogen-bond acceptors (Lipinski definition) is 7. The molecule has 0 unspecified atom stereocenters. The number of nitrogens with zero attached hydrogens (tertiary/aromatic N) is 6. The van der Waals surface area contributed by atoms with Gasteiger partial charge in [0, 0.05) is 23.2 Å². The SMILES string of the molecule is COc1nc(NC2CCC3(CC2)COC3)nn2ccc(-c3ccc4nnn([C@H](C)CF)c4c3)c12. The molecule has 1 N–H and O–H groups in total. The highest BCUT2D eigenvalue weighted by Crippen LogP contribution is 2.42. The monoisotopic (exact) mass is 465 g/mol.